The van der Waals surface area contributed by atoms with Crippen molar-refractivity contribution in [3.05, 3.63) is 10.4 Å². The number of ether oxygens (including phenoxy) is 19. The van der Waals surface area contributed by atoms with Gasteiger partial charge in [0, 0.05) is 11.8 Å². The Labute approximate surface area is 653 Å². The molecule has 10 aliphatic heterocycles. The highest BCUT2D eigenvalue weighted by Gasteiger charge is 2.61. The fourth-order valence-electron chi connectivity index (χ4n) is 14.7. The highest BCUT2D eigenvalue weighted by molar-refractivity contribution is 5.73. The van der Waals surface area contributed by atoms with Crippen molar-refractivity contribution in [1.29, 1.82) is 0 Å². The van der Waals surface area contributed by atoms with Gasteiger partial charge in [-0.05, 0) is 5.53 Å². The number of hydrogen-bond acceptors (Lipinski definition) is 51. The molecule has 116 heavy (non-hydrogen) atoms. The standard InChI is InChI=1S/C62H104N4O50/c1-12(75)64-23-33(85)46(20(9-74)100-53(23)65-66-63)110-58-45(97)48(112-61-52(40(92)30(82)18(7-72)106-61)116-62-51(39(91)29(81)19(8-73)107-62)115-57-43(95)36(88)26(78)15(4-69)103-57)32(84)22(109-58)10-98-54-44(96)47(111-60-50(38(90)28(80)17(6-71)105-60)114-56-42(94)35(87)25(77)14(3-68)102-56)31(83)21(108-54)11-99-59-49(37(89)27(79)16(5-70)104-59)113-55-41(93)34(86)24(76)13(2-67)101-55/h13-62,67-74,76-97H,2-11H2,1H3,(H,64,75)/t13?,14?,15?,16?,17?,18?,19?,20?,21?,22?,23?,24-,25-,26-,27-,28-,29-,30-,31-,32-,33-,34+,35?,36?,37+,38?,39?,40?,41?,42?,43?,44?,45?,46-,47+,48+,49?,50?,51?,52?,53-,54-,55-,56-,57-,58+,59+,60-,61-,62-/m1/s1. The van der Waals surface area contributed by atoms with Crippen molar-refractivity contribution >= 4 is 5.91 Å². The first-order valence-electron chi connectivity index (χ1n) is 36.6. The molecule has 31 N–H and O–H groups in total. The summed E-state index contributed by atoms with van der Waals surface area (Å²) in [4.78, 5) is 15.2. The molecule has 0 radical (unpaired) electrons. The number of carbonyl (C=O) groups is 1. The maximum atomic E-state index is 12.6. The molecule has 54 heteroatoms. The van der Waals surface area contributed by atoms with Gasteiger partial charge in [0.2, 0.25) is 5.91 Å². The first-order chi connectivity index (χ1) is 55.1. The SMILES string of the molecule is CC(=O)NC1[C@H](N=[N+]=[N-])OC(CO)[C@@H](O[C@@H]2OC(CO[C@@H]3OC(CO[C@H]4OC(CO)[C@@H](O)[C@H](O)C4O[C@H]4OC(CO)[C@@H](O)[C@H](O)C4O)[C@@H](O)[C@H](O[C@H]4OC(CO)[C@@H](O)C(O)C4O[C@H]4OC(CO)[C@@H](O)C(O)C4O)C3O)[C@@H](O)[C@H](O[C@H]3OC(CO)[C@@H](O)C(O)C3O[C@H]3OC(CO)[C@@H](O)C(O)C3O[C@H]3OC(CO)[C@@H](O)C(O)C3O)C2O)[C@@H]1O. The van der Waals surface area contributed by atoms with Gasteiger partial charge in [0.25, 0.3) is 0 Å². The van der Waals surface area contributed by atoms with Crippen molar-refractivity contribution in [1.82, 2.24) is 5.32 Å². The Morgan fingerprint density at radius 1 is 0.276 bits per heavy atom. The Morgan fingerprint density at radius 3 is 0.853 bits per heavy atom. The van der Waals surface area contributed by atoms with Crippen LogP contribution >= 0.6 is 0 Å². The third kappa shape index (κ3) is 20.1. The average molecular weight is 1710 g/mol. The van der Waals surface area contributed by atoms with E-state index in [1.807, 2.05) is 0 Å². The first kappa shape index (κ1) is 95.1. The van der Waals surface area contributed by atoms with Crippen molar-refractivity contribution < 1.29 is 248 Å². The number of rotatable bonds is 30. The number of carbonyl (C=O) groups excluding carboxylic acids is 1. The van der Waals surface area contributed by atoms with E-state index < -0.39 is 379 Å². The van der Waals surface area contributed by atoms with Crippen molar-refractivity contribution in [2.45, 2.75) is 314 Å². The van der Waals surface area contributed by atoms with Gasteiger partial charge in [-0.15, -0.1) is 0 Å². The third-order valence-electron chi connectivity index (χ3n) is 21.4. The van der Waals surface area contributed by atoms with E-state index in [0.29, 0.717) is 0 Å². The van der Waals surface area contributed by atoms with Crippen molar-refractivity contribution in [3.8, 4) is 0 Å². The van der Waals surface area contributed by atoms with Crippen LogP contribution in [-0.4, -0.2) is 532 Å². The van der Waals surface area contributed by atoms with Crippen LogP contribution in [0, 0.1) is 0 Å². The highest BCUT2D eigenvalue weighted by Crippen LogP contribution is 2.41. The summed E-state index contributed by atoms with van der Waals surface area (Å²) >= 11 is 0. The van der Waals surface area contributed by atoms with Crippen LogP contribution in [0.1, 0.15) is 6.92 Å². The lowest BCUT2D eigenvalue weighted by molar-refractivity contribution is -0.407. The lowest BCUT2D eigenvalue weighted by atomic mass is 9.94. The van der Waals surface area contributed by atoms with E-state index in [0.717, 1.165) is 6.92 Å². The van der Waals surface area contributed by atoms with E-state index in [1.165, 1.54) is 0 Å². The molecule has 25 unspecified atom stereocenters. The Kier molecular flexibility index (Phi) is 34.0. The summed E-state index contributed by atoms with van der Waals surface area (Å²) in [5.74, 6) is -0.888. The normalized spacial score (nSPS) is 51.8. The van der Waals surface area contributed by atoms with E-state index >= 15 is 0 Å². The number of aliphatic hydroxyl groups is 30. The summed E-state index contributed by atoms with van der Waals surface area (Å²) in [7, 11) is 0. The fraction of sp³-hybridized carbons (Fsp3) is 0.984. The van der Waals surface area contributed by atoms with Crippen LogP contribution in [0.4, 0.5) is 0 Å². The second kappa shape index (κ2) is 41.5. The highest BCUT2D eigenvalue weighted by atomic mass is 16.8. The van der Waals surface area contributed by atoms with Crippen LogP contribution in [-0.2, 0) is 94.8 Å². The van der Waals surface area contributed by atoms with Gasteiger partial charge in [-0.2, -0.15) is 0 Å². The van der Waals surface area contributed by atoms with Crippen LogP contribution in [0.2, 0.25) is 0 Å². The molecule has 10 fully saturated rings. The molecule has 10 aliphatic rings. The van der Waals surface area contributed by atoms with E-state index in [2.05, 4.69) is 15.3 Å². The van der Waals surface area contributed by atoms with Crippen molar-refractivity contribution in [2.24, 2.45) is 5.11 Å². The quantitative estimate of drug-likeness (QED) is 0.0180. The predicted octanol–water partition coefficient (Wildman–Crippen LogP) is -21.3. The molecule has 50 atom stereocenters. The van der Waals surface area contributed by atoms with Gasteiger partial charge >= 0.3 is 0 Å². The van der Waals surface area contributed by atoms with Crippen LogP contribution < -0.4 is 5.32 Å². The van der Waals surface area contributed by atoms with E-state index in [4.69, 9.17) is 90.0 Å². The summed E-state index contributed by atoms with van der Waals surface area (Å²) in [5.41, 5.74) is 9.42. The largest absolute Gasteiger partial charge is 0.394 e. The third-order valence-corrected chi connectivity index (χ3v) is 21.4. The Bertz CT molecular complexity index is 3060. The van der Waals surface area contributed by atoms with Crippen LogP contribution in [0.3, 0.4) is 0 Å². The first-order valence-corrected chi connectivity index (χ1v) is 36.6. The van der Waals surface area contributed by atoms with Gasteiger partial charge in [0.05, 0.1) is 72.1 Å². The zero-order chi connectivity index (χ0) is 85.1. The number of hydrogen-bond donors (Lipinski definition) is 31. The lowest BCUT2D eigenvalue weighted by Gasteiger charge is -2.50. The second-order valence-electron chi connectivity index (χ2n) is 29.0. The molecule has 1 amide bonds. The molecule has 0 aromatic carbocycles. The molecule has 672 valence electrons. The summed E-state index contributed by atoms with van der Waals surface area (Å²) < 4.78 is 111. The van der Waals surface area contributed by atoms with Gasteiger partial charge in [-0.1, -0.05) is 5.11 Å². The average Bonchev–Trinajstić information content (AvgIpc) is 0.766. The van der Waals surface area contributed by atoms with Crippen LogP contribution in [0.15, 0.2) is 5.11 Å². The van der Waals surface area contributed by atoms with Gasteiger partial charge in [-0.3, -0.25) is 4.79 Å². The van der Waals surface area contributed by atoms with Gasteiger partial charge in [-0.25, -0.2) is 0 Å². The number of aliphatic hydroxyl groups excluding tert-OH is 30. The van der Waals surface area contributed by atoms with E-state index in [9.17, 15) is 164 Å². The number of amides is 1. The monoisotopic (exact) mass is 1700 g/mol. The zero-order valence-corrected chi connectivity index (χ0v) is 60.9. The summed E-state index contributed by atoms with van der Waals surface area (Å²) in [6.07, 6.45) is -107. The fourth-order valence-corrected chi connectivity index (χ4v) is 14.7. The maximum Gasteiger partial charge on any atom is 0.217 e. The Morgan fingerprint density at radius 2 is 0.526 bits per heavy atom. The molecular formula is C62H104N4O50. The predicted molar refractivity (Wildman–Crippen MR) is 348 cm³/mol. The maximum absolute atomic E-state index is 12.6. The molecule has 10 heterocycles. The number of nitrogens with zero attached hydrogens (tertiary/aromatic N) is 3. The number of nitrogens with one attached hydrogen (secondary N) is 1. The van der Waals surface area contributed by atoms with Gasteiger partial charge in [0.1, 0.15) is 238 Å². The van der Waals surface area contributed by atoms with E-state index in [-0.39, 0.29) is 0 Å². The minimum atomic E-state index is -2.59. The molecule has 10 rings (SSSR count). The Balaban J connectivity index is 1.01. The summed E-state index contributed by atoms with van der Waals surface area (Å²) in [5, 5.41) is 337. The van der Waals surface area contributed by atoms with Crippen LogP contribution in [0.5, 0.6) is 0 Å². The minimum Gasteiger partial charge on any atom is -0.394 e. The second-order valence-corrected chi connectivity index (χ2v) is 29.0. The minimum absolute atomic E-state index is 0.888. The molecule has 0 saturated carbocycles. The van der Waals surface area contributed by atoms with Crippen LogP contribution in [0.25, 0.3) is 10.4 Å². The Hall–Kier alpha value is -3.18. The van der Waals surface area contributed by atoms with Gasteiger partial charge < -0.3 is 249 Å². The molecule has 0 bridgehead atoms. The topological polar surface area (TPSA) is 860 Å². The molecule has 0 aromatic rings. The summed E-state index contributed by atoms with van der Waals surface area (Å²) in [6, 6.07) is -1.77. The molecular weight excluding hydrogens is 1600 g/mol. The molecule has 0 aliphatic carbocycles. The van der Waals surface area contributed by atoms with Crippen molar-refractivity contribution in [2.75, 3.05) is 66.1 Å². The molecule has 0 aromatic heterocycles. The summed E-state index contributed by atoms with van der Waals surface area (Å²) in [6.45, 7) is -10.4. The number of azide groups is 1. The molecule has 54 nitrogen and oxygen atoms in total. The van der Waals surface area contributed by atoms with Crippen molar-refractivity contribution in [3.63, 3.8) is 0 Å². The van der Waals surface area contributed by atoms with E-state index in [1.54, 1.807) is 0 Å². The smallest absolute Gasteiger partial charge is 0.217 e. The lowest BCUT2D eigenvalue weighted by Crippen LogP contribution is -2.69. The molecule has 10 saturated heterocycles. The molecule has 0 spiro atoms. The zero-order valence-electron chi connectivity index (χ0n) is 60.9. The van der Waals surface area contributed by atoms with Gasteiger partial charge in [0.15, 0.2) is 62.8 Å².